The second-order valence-corrected chi connectivity index (χ2v) is 5.19. The Balaban J connectivity index is 2.80. The third-order valence-electron chi connectivity index (χ3n) is 2.11. The molecule has 19 heavy (non-hydrogen) atoms. The molecule has 0 bridgehead atoms. The molecule has 0 aliphatic heterocycles. The van der Waals surface area contributed by atoms with Crippen LogP contribution in [0.3, 0.4) is 0 Å². The van der Waals surface area contributed by atoms with Crippen molar-refractivity contribution in [1.82, 2.24) is 4.72 Å². The summed E-state index contributed by atoms with van der Waals surface area (Å²) < 4.78 is 29.8. The average molecular weight is 286 g/mol. The lowest BCUT2D eigenvalue weighted by atomic mass is 10.3. The first-order valence-corrected chi connectivity index (χ1v) is 6.90. The fraction of sp³-hybridized carbons (Fsp3) is 0.273. The topological polar surface area (TPSA) is 116 Å². The monoisotopic (exact) mass is 286 g/mol. The van der Waals surface area contributed by atoms with Crippen LogP contribution in [0, 0.1) is 0 Å². The Hall–Kier alpha value is -1.93. The van der Waals surface area contributed by atoms with Crippen LogP contribution in [0.25, 0.3) is 0 Å². The first-order chi connectivity index (χ1) is 8.88. The number of nitrogens with two attached hydrogens (primary N) is 1. The van der Waals surface area contributed by atoms with Gasteiger partial charge in [0, 0.05) is 0 Å². The van der Waals surface area contributed by atoms with Gasteiger partial charge >= 0.3 is 5.97 Å². The van der Waals surface area contributed by atoms with Crippen LogP contribution in [-0.4, -0.2) is 32.9 Å². The zero-order valence-corrected chi connectivity index (χ0v) is 11.0. The highest BCUT2D eigenvalue weighted by Crippen LogP contribution is 2.07. The molecule has 0 radical (unpaired) electrons. The van der Waals surface area contributed by atoms with Crippen LogP contribution in [0.15, 0.2) is 35.2 Å². The van der Waals surface area contributed by atoms with Crippen LogP contribution in [0.1, 0.15) is 6.92 Å². The van der Waals surface area contributed by atoms with Crippen LogP contribution in [-0.2, 0) is 24.3 Å². The number of carbonyl (C=O) groups is 2. The van der Waals surface area contributed by atoms with Crippen LogP contribution in [0.4, 0.5) is 0 Å². The Labute approximate surface area is 110 Å². The summed E-state index contributed by atoms with van der Waals surface area (Å²) in [5.74, 6) is -2.12. The highest BCUT2D eigenvalue weighted by Gasteiger charge is 2.27. The smallest absolute Gasteiger partial charge is 0.332 e. The van der Waals surface area contributed by atoms with Gasteiger partial charge in [-0.25, -0.2) is 17.9 Å². The molecule has 104 valence electrons. The van der Waals surface area contributed by atoms with Crippen LogP contribution in [0.5, 0.6) is 0 Å². The Morgan fingerprint density at radius 2 is 1.89 bits per heavy atom. The summed E-state index contributed by atoms with van der Waals surface area (Å²) in [6, 6.07) is 5.58. The van der Waals surface area contributed by atoms with E-state index in [1.165, 1.54) is 24.3 Å². The van der Waals surface area contributed by atoms with Crippen LogP contribution in [0.2, 0.25) is 0 Å². The molecule has 1 aromatic carbocycles. The molecule has 1 unspecified atom stereocenters. The fourth-order valence-corrected chi connectivity index (χ4v) is 2.22. The molecule has 0 aliphatic rings. The molecule has 1 amide bonds. The Kier molecular flexibility index (Phi) is 5.02. The number of rotatable bonds is 5. The molecule has 3 N–H and O–H groups in total. The first kappa shape index (κ1) is 15.1. The summed E-state index contributed by atoms with van der Waals surface area (Å²) in [5, 5.41) is 0. The number of hydrogen-bond acceptors (Lipinski definition) is 6. The van der Waals surface area contributed by atoms with Crippen molar-refractivity contribution in [2.24, 2.45) is 5.73 Å². The lowest BCUT2D eigenvalue weighted by Crippen LogP contribution is -2.48. The number of ether oxygens (including phenoxy) is 1. The molecule has 0 aromatic heterocycles. The summed E-state index contributed by atoms with van der Waals surface area (Å²) in [6.07, 6.45) is 0. The largest absolute Gasteiger partial charge is 0.464 e. The molecule has 1 aromatic rings. The zero-order chi connectivity index (χ0) is 14.5. The van der Waals surface area contributed by atoms with Gasteiger partial charge in [-0.3, -0.25) is 4.79 Å². The second kappa shape index (κ2) is 6.30. The third kappa shape index (κ3) is 4.04. The number of carbonyl (C=O) groups excluding carboxylic acids is 2. The molecule has 1 atom stereocenters. The van der Waals surface area contributed by atoms with Crippen molar-refractivity contribution in [1.29, 1.82) is 0 Å². The predicted octanol–water partition coefficient (Wildman–Crippen LogP) is -0.618. The molecular formula is C11H14N2O5S. The Morgan fingerprint density at radius 3 is 2.42 bits per heavy atom. The van der Waals surface area contributed by atoms with Gasteiger partial charge < -0.3 is 10.5 Å². The van der Waals surface area contributed by atoms with E-state index in [1.54, 1.807) is 17.7 Å². The van der Waals surface area contributed by atoms with Crippen molar-refractivity contribution in [3.8, 4) is 0 Å². The predicted molar refractivity (Wildman–Crippen MR) is 66.4 cm³/mol. The van der Waals surface area contributed by atoms with Crippen LogP contribution < -0.4 is 10.5 Å². The summed E-state index contributed by atoms with van der Waals surface area (Å²) in [4.78, 5) is 22.6. The van der Waals surface area contributed by atoms with Gasteiger partial charge in [-0.15, -0.1) is 0 Å². The fourth-order valence-electron chi connectivity index (χ4n) is 1.19. The highest BCUT2D eigenvalue weighted by atomic mass is 32.2. The molecule has 8 heteroatoms. The maximum atomic E-state index is 11.8. The van der Waals surface area contributed by atoms with E-state index in [2.05, 4.69) is 4.74 Å². The SMILES string of the molecule is CCOC(=O)C(N)C(=O)NS(=O)(=O)c1ccccc1. The van der Waals surface area contributed by atoms with Gasteiger partial charge in [-0.1, -0.05) is 18.2 Å². The van der Waals surface area contributed by atoms with Crippen molar-refractivity contribution >= 4 is 21.9 Å². The van der Waals surface area contributed by atoms with Gasteiger partial charge in [0.25, 0.3) is 15.9 Å². The molecule has 0 aliphatic carbocycles. The molecule has 7 nitrogen and oxygen atoms in total. The third-order valence-corrected chi connectivity index (χ3v) is 3.47. The van der Waals surface area contributed by atoms with E-state index in [0.717, 1.165) is 0 Å². The normalized spacial score (nSPS) is 12.5. The maximum absolute atomic E-state index is 11.8. The maximum Gasteiger partial charge on any atom is 0.332 e. The molecule has 0 fully saturated rings. The Bertz CT molecular complexity index is 556. The number of esters is 1. The summed E-state index contributed by atoms with van der Waals surface area (Å²) in [7, 11) is -4.04. The first-order valence-electron chi connectivity index (χ1n) is 5.42. The summed E-state index contributed by atoms with van der Waals surface area (Å²) >= 11 is 0. The lowest BCUT2D eigenvalue weighted by molar-refractivity contribution is -0.147. The van der Waals surface area contributed by atoms with E-state index in [9.17, 15) is 18.0 Å². The van der Waals surface area contributed by atoms with E-state index in [1.807, 2.05) is 0 Å². The molecule has 0 saturated heterocycles. The second-order valence-electron chi connectivity index (χ2n) is 3.51. The number of amides is 1. The quantitative estimate of drug-likeness (QED) is 0.550. The van der Waals surface area contributed by atoms with E-state index in [0.29, 0.717) is 0 Å². The highest BCUT2D eigenvalue weighted by molar-refractivity contribution is 7.90. The van der Waals surface area contributed by atoms with Crippen molar-refractivity contribution < 1.29 is 22.7 Å². The van der Waals surface area contributed by atoms with Crippen LogP contribution >= 0.6 is 0 Å². The molecular weight excluding hydrogens is 272 g/mol. The minimum absolute atomic E-state index is 0.0469. The van der Waals surface area contributed by atoms with Crippen molar-refractivity contribution in [2.75, 3.05) is 6.61 Å². The average Bonchev–Trinajstić information content (AvgIpc) is 2.38. The minimum Gasteiger partial charge on any atom is -0.464 e. The summed E-state index contributed by atoms with van der Waals surface area (Å²) in [6.45, 7) is 1.59. The van der Waals surface area contributed by atoms with Gasteiger partial charge in [0.05, 0.1) is 11.5 Å². The van der Waals surface area contributed by atoms with Gasteiger partial charge in [0.15, 0.2) is 6.04 Å². The molecule has 0 saturated carbocycles. The van der Waals surface area contributed by atoms with Crippen molar-refractivity contribution in [3.63, 3.8) is 0 Å². The standard InChI is InChI=1S/C11H14N2O5S/c1-2-18-11(15)9(12)10(14)13-19(16,17)8-6-4-3-5-7-8/h3-7,9H,2,12H2,1H3,(H,13,14). The molecule has 1 rings (SSSR count). The number of hydrogen-bond donors (Lipinski definition) is 2. The lowest BCUT2D eigenvalue weighted by Gasteiger charge is -2.11. The number of sulfonamides is 1. The zero-order valence-electron chi connectivity index (χ0n) is 10.2. The van der Waals surface area contributed by atoms with Gasteiger partial charge in [0.2, 0.25) is 0 Å². The van der Waals surface area contributed by atoms with E-state index >= 15 is 0 Å². The van der Waals surface area contributed by atoms with Crippen molar-refractivity contribution in [2.45, 2.75) is 17.9 Å². The van der Waals surface area contributed by atoms with Gasteiger partial charge in [-0.2, -0.15) is 0 Å². The van der Waals surface area contributed by atoms with E-state index in [-0.39, 0.29) is 11.5 Å². The molecule has 0 heterocycles. The van der Waals surface area contributed by atoms with E-state index in [4.69, 9.17) is 5.73 Å². The molecule has 0 spiro atoms. The van der Waals surface area contributed by atoms with Gasteiger partial charge in [-0.05, 0) is 19.1 Å². The summed E-state index contributed by atoms with van der Waals surface area (Å²) in [5.41, 5.74) is 5.28. The number of nitrogens with one attached hydrogen (secondary N) is 1. The Morgan fingerprint density at radius 1 is 1.32 bits per heavy atom. The van der Waals surface area contributed by atoms with E-state index < -0.39 is 27.9 Å². The van der Waals surface area contributed by atoms with Gasteiger partial charge in [0.1, 0.15) is 0 Å². The number of benzene rings is 1. The van der Waals surface area contributed by atoms with Crippen molar-refractivity contribution in [3.05, 3.63) is 30.3 Å². The minimum atomic E-state index is -4.04.